The topological polar surface area (TPSA) is 43.7 Å². The van der Waals surface area contributed by atoms with Gasteiger partial charge in [0.25, 0.3) is 0 Å². The van der Waals surface area contributed by atoms with Crippen molar-refractivity contribution < 1.29 is 10.4 Å². The van der Waals surface area contributed by atoms with Crippen molar-refractivity contribution in [2.24, 2.45) is 5.92 Å². The van der Waals surface area contributed by atoms with Gasteiger partial charge in [-0.15, -0.1) is 5.23 Å². The summed E-state index contributed by atoms with van der Waals surface area (Å²) in [6, 6.07) is 0. The Balaban J connectivity index is 2.24. The third kappa shape index (κ3) is 2.83. The van der Waals surface area contributed by atoms with Crippen molar-refractivity contribution in [1.82, 2.24) is 5.23 Å². The van der Waals surface area contributed by atoms with Crippen LogP contribution in [0.15, 0.2) is 12.3 Å². The summed E-state index contributed by atoms with van der Waals surface area (Å²) >= 11 is 0. The van der Waals surface area contributed by atoms with Gasteiger partial charge >= 0.3 is 0 Å². The minimum absolute atomic E-state index is 0.147. The zero-order chi connectivity index (χ0) is 8.97. The van der Waals surface area contributed by atoms with Gasteiger partial charge in [0.15, 0.2) is 0 Å². The predicted octanol–water partition coefficient (Wildman–Crippen LogP) is 2.55. The molecular weight excluding hydrogens is 154 g/mol. The number of nitrogens with zero attached hydrogens (tertiary/aromatic N) is 1. The van der Waals surface area contributed by atoms with E-state index in [1.165, 1.54) is 32.1 Å². The van der Waals surface area contributed by atoms with E-state index in [9.17, 15) is 0 Å². The Morgan fingerprint density at radius 3 is 2.33 bits per heavy atom. The number of allylic oxidation sites excluding steroid dienone is 1. The normalized spacial score (nSPS) is 19.2. The van der Waals surface area contributed by atoms with E-state index in [1.807, 2.05) is 0 Å². The Bertz CT molecular complexity index is 151. The molecular formula is C9H17NO2. The van der Waals surface area contributed by atoms with E-state index in [2.05, 4.69) is 6.58 Å². The maximum absolute atomic E-state index is 8.64. The van der Waals surface area contributed by atoms with Gasteiger partial charge in [-0.3, -0.25) is 10.4 Å². The van der Waals surface area contributed by atoms with Crippen molar-refractivity contribution in [3.05, 3.63) is 12.3 Å². The maximum Gasteiger partial charge on any atom is 0.0647 e. The summed E-state index contributed by atoms with van der Waals surface area (Å²) in [6.45, 7) is 3.57. The molecule has 0 aliphatic heterocycles. The average Bonchev–Trinajstić information content (AvgIpc) is 2.06. The molecule has 0 aromatic rings. The summed E-state index contributed by atoms with van der Waals surface area (Å²) in [5.41, 5.74) is 0.405. The first-order valence-electron chi connectivity index (χ1n) is 4.56. The first-order valence-corrected chi connectivity index (χ1v) is 4.56. The zero-order valence-electron chi connectivity index (χ0n) is 7.37. The van der Waals surface area contributed by atoms with Gasteiger partial charge in [-0.1, -0.05) is 38.7 Å². The second-order valence-corrected chi connectivity index (χ2v) is 3.56. The van der Waals surface area contributed by atoms with Gasteiger partial charge in [-0.05, 0) is 12.3 Å². The molecule has 0 aromatic carbocycles. The van der Waals surface area contributed by atoms with Gasteiger partial charge in [0.05, 0.1) is 5.70 Å². The van der Waals surface area contributed by atoms with Crippen molar-refractivity contribution in [1.29, 1.82) is 0 Å². The lowest BCUT2D eigenvalue weighted by Gasteiger charge is -2.23. The van der Waals surface area contributed by atoms with Crippen molar-refractivity contribution in [2.45, 2.75) is 38.5 Å². The van der Waals surface area contributed by atoms with E-state index < -0.39 is 0 Å². The van der Waals surface area contributed by atoms with Crippen LogP contribution in [-0.2, 0) is 0 Å². The third-order valence-corrected chi connectivity index (χ3v) is 2.53. The number of hydrogen-bond acceptors (Lipinski definition) is 3. The summed E-state index contributed by atoms with van der Waals surface area (Å²) in [4.78, 5) is 0. The van der Waals surface area contributed by atoms with Crippen LogP contribution in [-0.4, -0.2) is 15.6 Å². The summed E-state index contributed by atoms with van der Waals surface area (Å²) in [5, 5.41) is 17.4. The number of rotatable bonds is 3. The van der Waals surface area contributed by atoms with Gasteiger partial charge in [0, 0.05) is 0 Å². The van der Waals surface area contributed by atoms with E-state index in [1.54, 1.807) is 0 Å². The van der Waals surface area contributed by atoms with Gasteiger partial charge in [-0.2, -0.15) is 0 Å². The summed E-state index contributed by atoms with van der Waals surface area (Å²) < 4.78 is 0. The zero-order valence-corrected chi connectivity index (χ0v) is 7.37. The molecule has 0 heterocycles. The molecule has 3 nitrogen and oxygen atoms in total. The lowest BCUT2D eigenvalue weighted by atomic mass is 9.86. The van der Waals surface area contributed by atoms with Crippen LogP contribution in [0.1, 0.15) is 38.5 Å². The summed E-state index contributed by atoms with van der Waals surface area (Å²) in [5.74, 6) is 0.605. The molecule has 0 spiro atoms. The lowest BCUT2D eigenvalue weighted by molar-refractivity contribution is -0.281. The molecule has 0 amide bonds. The third-order valence-electron chi connectivity index (χ3n) is 2.53. The SMILES string of the molecule is C=C(CC1CCCCC1)N(O)O. The number of hydrogen-bond donors (Lipinski definition) is 2. The highest BCUT2D eigenvalue weighted by Crippen LogP contribution is 2.28. The first kappa shape index (κ1) is 9.55. The fourth-order valence-corrected chi connectivity index (χ4v) is 1.81. The van der Waals surface area contributed by atoms with Crippen LogP contribution in [0.2, 0.25) is 0 Å². The fraction of sp³-hybridized carbons (Fsp3) is 0.778. The second kappa shape index (κ2) is 4.48. The number of hydroxylamine groups is 2. The van der Waals surface area contributed by atoms with Gasteiger partial charge < -0.3 is 0 Å². The van der Waals surface area contributed by atoms with E-state index >= 15 is 0 Å². The summed E-state index contributed by atoms with van der Waals surface area (Å²) in [6.07, 6.45) is 6.99. The molecule has 1 aliphatic carbocycles. The molecule has 70 valence electrons. The molecule has 0 radical (unpaired) electrons. The maximum atomic E-state index is 8.64. The highest BCUT2D eigenvalue weighted by molar-refractivity contribution is 4.89. The summed E-state index contributed by atoms with van der Waals surface area (Å²) in [7, 11) is 0. The fourth-order valence-electron chi connectivity index (χ4n) is 1.81. The highest BCUT2D eigenvalue weighted by Gasteiger charge is 2.15. The molecule has 1 saturated carbocycles. The smallest absolute Gasteiger partial charge is 0.0647 e. The Kier molecular flexibility index (Phi) is 3.56. The molecule has 0 bridgehead atoms. The Labute approximate surface area is 73.2 Å². The standard InChI is InChI=1S/C9H17NO2/c1-8(10(11)12)7-9-5-3-2-4-6-9/h9,11-12H,1-7H2. The molecule has 1 rings (SSSR count). The molecule has 0 saturated heterocycles. The average molecular weight is 171 g/mol. The van der Waals surface area contributed by atoms with Crippen molar-refractivity contribution in [3.63, 3.8) is 0 Å². The Morgan fingerprint density at radius 1 is 1.25 bits per heavy atom. The van der Waals surface area contributed by atoms with E-state index in [0.717, 1.165) is 0 Å². The molecule has 3 heteroatoms. The molecule has 12 heavy (non-hydrogen) atoms. The van der Waals surface area contributed by atoms with Crippen molar-refractivity contribution >= 4 is 0 Å². The predicted molar refractivity (Wildman–Crippen MR) is 45.7 cm³/mol. The van der Waals surface area contributed by atoms with Gasteiger partial charge in [0.2, 0.25) is 0 Å². The van der Waals surface area contributed by atoms with E-state index in [-0.39, 0.29) is 5.23 Å². The largest absolute Gasteiger partial charge is 0.264 e. The van der Waals surface area contributed by atoms with Crippen molar-refractivity contribution in [3.8, 4) is 0 Å². The molecule has 1 fully saturated rings. The molecule has 0 unspecified atom stereocenters. The van der Waals surface area contributed by atoms with Gasteiger partial charge in [-0.25, -0.2) is 0 Å². The molecule has 1 aliphatic rings. The van der Waals surface area contributed by atoms with Crippen molar-refractivity contribution in [2.75, 3.05) is 0 Å². The van der Waals surface area contributed by atoms with E-state index in [0.29, 0.717) is 18.0 Å². The lowest BCUT2D eigenvalue weighted by Crippen LogP contribution is -2.16. The van der Waals surface area contributed by atoms with Crippen LogP contribution in [0.4, 0.5) is 0 Å². The van der Waals surface area contributed by atoms with Crippen LogP contribution in [0.5, 0.6) is 0 Å². The Morgan fingerprint density at radius 2 is 1.83 bits per heavy atom. The molecule has 0 atom stereocenters. The van der Waals surface area contributed by atoms with Crippen LogP contribution < -0.4 is 0 Å². The first-order chi connectivity index (χ1) is 5.70. The highest BCUT2D eigenvalue weighted by atomic mass is 16.8. The van der Waals surface area contributed by atoms with Crippen LogP contribution >= 0.6 is 0 Å². The second-order valence-electron chi connectivity index (χ2n) is 3.56. The van der Waals surface area contributed by atoms with Crippen LogP contribution in [0, 0.1) is 5.92 Å². The van der Waals surface area contributed by atoms with Crippen LogP contribution in [0.3, 0.4) is 0 Å². The minimum atomic E-state index is 0.147. The Hall–Kier alpha value is -0.540. The quantitative estimate of drug-likeness (QED) is 0.641. The van der Waals surface area contributed by atoms with E-state index in [4.69, 9.17) is 10.4 Å². The van der Waals surface area contributed by atoms with Crippen LogP contribution in [0.25, 0.3) is 0 Å². The minimum Gasteiger partial charge on any atom is -0.264 e. The van der Waals surface area contributed by atoms with Gasteiger partial charge in [0.1, 0.15) is 0 Å². The molecule has 2 N–H and O–H groups in total. The monoisotopic (exact) mass is 171 g/mol. The molecule has 0 aromatic heterocycles.